The van der Waals surface area contributed by atoms with Crippen LogP contribution in [0.4, 0.5) is 0 Å². The Labute approximate surface area is 89.0 Å². The van der Waals surface area contributed by atoms with Gasteiger partial charge in [0.25, 0.3) is 0 Å². The molecule has 0 radical (unpaired) electrons. The van der Waals surface area contributed by atoms with Crippen molar-refractivity contribution in [3.05, 3.63) is 12.7 Å². The number of nitrogens with one attached hydrogen (secondary N) is 1. The van der Waals surface area contributed by atoms with Gasteiger partial charge in [-0.05, 0) is 37.6 Å². The van der Waals surface area contributed by atoms with Crippen LogP contribution in [0.5, 0.6) is 0 Å². The van der Waals surface area contributed by atoms with E-state index in [9.17, 15) is 0 Å². The summed E-state index contributed by atoms with van der Waals surface area (Å²) in [4.78, 5) is 0. The summed E-state index contributed by atoms with van der Waals surface area (Å²) >= 11 is 0. The van der Waals surface area contributed by atoms with E-state index in [4.69, 9.17) is 0 Å². The van der Waals surface area contributed by atoms with Gasteiger partial charge in [0.1, 0.15) is 0 Å². The summed E-state index contributed by atoms with van der Waals surface area (Å²) in [6, 6.07) is 0.689. The second-order valence-electron chi connectivity index (χ2n) is 4.54. The molecule has 0 saturated heterocycles. The van der Waals surface area contributed by atoms with Gasteiger partial charge in [0.15, 0.2) is 0 Å². The lowest BCUT2D eigenvalue weighted by molar-refractivity contribution is 0.353. The standard InChI is InChI=1S/C13H25N/c1-4-7-13(14-6-3)12-9-8-11(5-2)10-12/h4,11-14H,1,5-10H2,2-3H3. The fraction of sp³-hybridized carbons (Fsp3) is 0.846. The summed E-state index contributed by atoms with van der Waals surface area (Å²) in [5, 5.41) is 3.60. The van der Waals surface area contributed by atoms with E-state index in [1.807, 2.05) is 0 Å². The van der Waals surface area contributed by atoms with E-state index < -0.39 is 0 Å². The number of hydrogen-bond donors (Lipinski definition) is 1. The van der Waals surface area contributed by atoms with Crippen LogP contribution in [0.2, 0.25) is 0 Å². The Hall–Kier alpha value is -0.300. The highest BCUT2D eigenvalue weighted by molar-refractivity contribution is 4.88. The molecule has 0 bridgehead atoms. The van der Waals surface area contributed by atoms with Crippen LogP contribution in [0, 0.1) is 11.8 Å². The average Bonchev–Trinajstić information content (AvgIpc) is 2.65. The summed E-state index contributed by atoms with van der Waals surface area (Å²) < 4.78 is 0. The molecule has 0 spiro atoms. The second kappa shape index (κ2) is 6.23. The molecule has 0 aromatic heterocycles. The van der Waals surface area contributed by atoms with Gasteiger partial charge in [-0.3, -0.25) is 0 Å². The van der Waals surface area contributed by atoms with Gasteiger partial charge in [0, 0.05) is 6.04 Å². The SMILES string of the molecule is C=CCC(NCC)C1CCC(CC)C1. The first kappa shape index (κ1) is 11.8. The van der Waals surface area contributed by atoms with Crippen LogP contribution in [0.15, 0.2) is 12.7 Å². The molecule has 1 aliphatic rings. The molecular weight excluding hydrogens is 170 g/mol. The zero-order valence-electron chi connectivity index (χ0n) is 9.76. The third-order valence-electron chi connectivity index (χ3n) is 3.62. The maximum absolute atomic E-state index is 3.85. The first-order chi connectivity index (χ1) is 6.81. The maximum Gasteiger partial charge on any atom is 0.0130 e. The van der Waals surface area contributed by atoms with Crippen molar-refractivity contribution in [3.8, 4) is 0 Å². The molecule has 0 aliphatic heterocycles. The number of rotatable bonds is 6. The van der Waals surface area contributed by atoms with Crippen molar-refractivity contribution in [2.75, 3.05) is 6.54 Å². The van der Waals surface area contributed by atoms with Crippen molar-refractivity contribution in [2.24, 2.45) is 11.8 Å². The maximum atomic E-state index is 3.85. The lowest BCUT2D eigenvalue weighted by atomic mass is 9.93. The van der Waals surface area contributed by atoms with E-state index in [0.29, 0.717) is 6.04 Å². The summed E-state index contributed by atoms with van der Waals surface area (Å²) in [6.45, 7) is 9.46. The van der Waals surface area contributed by atoms with Gasteiger partial charge >= 0.3 is 0 Å². The average molecular weight is 195 g/mol. The minimum Gasteiger partial charge on any atom is -0.314 e. The monoisotopic (exact) mass is 195 g/mol. The summed E-state index contributed by atoms with van der Waals surface area (Å²) in [7, 11) is 0. The van der Waals surface area contributed by atoms with Crippen molar-refractivity contribution < 1.29 is 0 Å². The van der Waals surface area contributed by atoms with Gasteiger partial charge in [-0.2, -0.15) is 0 Å². The van der Waals surface area contributed by atoms with Crippen LogP contribution < -0.4 is 5.32 Å². The van der Waals surface area contributed by atoms with Gasteiger partial charge in [-0.25, -0.2) is 0 Å². The molecule has 1 rings (SSSR count). The summed E-state index contributed by atoms with van der Waals surface area (Å²) in [5.41, 5.74) is 0. The van der Waals surface area contributed by atoms with E-state index in [1.54, 1.807) is 0 Å². The van der Waals surface area contributed by atoms with Crippen molar-refractivity contribution in [3.63, 3.8) is 0 Å². The van der Waals surface area contributed by atoms with Gasteiger partial charge in [-0.1, -0.05) is 32.8 Å². The lowest BCUT2D eigenvalue weighted by Gasteiger charge is -2.23. The predicted octanol–water partition coefficient (Wildman–Crippen LogP) is 3.37. The minimum atomic E-state index is 0.689. The van der Waals surface area contributed by atoms with E-state index in [2.05, 4.69) is 31.8 Å². The molecule has 0 aromatic rings. The summed E-state index contributed by atoms with van der Waals surface area (Å²) in [5.74, 6) is 1.89. The van der Waals surface area contributed by atoms with Crippen LogP contribution >= 0.6 is 0 Å². The molecule has 1 saturated carbocycles. The van der Waals surface area contributed by atoms with Crippen molar-refractivity contribution >= 4 is 0 Å². The molecular formula is C13H25N. The third kappa shape index (κ3) is 3.13. The molecule has 0 amide bonds. The first-order valence-electron chi connectivity index (χ1n) is 6.16. The molecule has 1 fully saturated rings. The third-order valence-corrected chi connectivity index (χ3v) is 3.62. The van der Waals surface area contributed by atoms with Gasteiger partial charge in [-0.15, -0.1) is 6.58 Å². The predicted molar refractivity (Wildman–Crippen MR) is 63.4 cm³/mol. The molecule has 1 N–H and O–H groups in total. The zero-order valence-corrected chi connectivity index (χ0v) is 9.76. The Bertz CT molecular complexity index is 165. The van der Waals surface area contributed by atoms with Gasteiger partial charge in [0.05, 0.1) is 0 Å². The molecule has 0 heterocycles. The van der Waals surface area contributed by atoms with Crippen molar-refractivity contribution in [2.45, 2.75) is 52.0 Å². The second-order valence-corrected chi connectivity index (χ2v) is 4.54. The zero-order chi connectivity index (χ0) is 10.4. The van der Waals surface area contributed by atoms with Gasteiger partial charge < -0.3 is 5.32 Å². The Balaban J connectivity index is 2.39. The first-order valence-corrected chi connectivity index (χ1v) is 6.16. The van der Waals surface area contributed by atoms with E-state index in [0.717, 1.165) is 24.8 Å². The van der Waals surface area contributed by atoms with Crippen molar-refractivity contribution in [1.82, 2.24) is 5.32 Å². The fourth-order valence-electron chi connectivity index (χ4n) is 2.73. The highest BCUT2D eigenvalue weighted by Gasteiger charge is 2.28. The molecule has 1 nitrogen and oxygen atoms in total. The van der Waals surface area contributed by atoms with E-state index in [-0.39, 0.29) is 0 Å². The smallest absolute Gasteiger partial charge is 0.0130 e. The van der Waals surface area contributed by atoms with Crippen molar-refractivity contribution in [1.29, 1.82) is 0 Å². The molecule has 1 aliphatic carbocycles. The largest absolute Gasteiger partial charge is 0.314 e. The molecule has 3 atom stereocenters. The van der Waals surface area contributed by atoms with Crippen LogP contribution in [-0.2, 0) is 0 Å². The van der Waals surface area contributed by atoms with Gasteiger partial charge in [0.2, 0.25) is 0 Å². The Morgan fingerprint density at radius 3 is 2.71 bits per heavy atom. The highest BCUT2D eigenvalue weighted by atomic mass is 14.9. The molecule has 14 heavy (non-hydrogen) atoms. The molecule has 1 heteroatoms. The lowest BCUT2D eigenvalue weighted by Crippen LogP contribution is -2.34. The van der Waals surface area contributed by atoms with Crippen LogP contribution in [0.25, 0.3) is 0 Å². The summed E-state index contributed by atoms with van der Waals surface area (Å²) in [6.07, 6.45) is 8.86. The molecule has 82 valence electrons. The highest BCUT2D eigenvalue weighted by Crippen LogP contribution is 2.35. The topological polar surface area (TPSA) is 12.0 Å². The quantitative estimate of drug-likeness (QED) is 0.641. The van der Waals surface area contributed by atoms with Crippen LogP contribution in [0.3, 0.4) is 0 Å². The normalized spacial score (nSPS) is 29.0. The Morgan fingerprint density at radius 2 is 2.21 bits per heavy atom. The van der Waals surface area contributed by atoms with E-state index >= 15 is 0 Å². The minimum absolute atomic E-state index is 0.689. The molecule has 3 unspecified atom stereocenters. The molecule has 0 aromatic carbocycles. The van der Waals surface area contributed by atoms with E-state index in [1.165, 1.54) is 25.7 Å². The fourth-order valence-corrected chi connectivity index (χ4v) is 2.73. The Morgan fingerprint density at radius 1 is 1.43 bits per heavy atom. The Kier molecular flexibility index (Phi) is 5.24. The van der Waals surface area contributed by atoms with Crippen LogP contribution in [0.1, 0.15) is 46.0 Å². The van der Waals surface area contributed by atoms with Crippen LogP contribution in [-0.4, -0.2) is 12.6 Å². The number of hydrogen-bond acceptors (Lipinski definition) is 1.